The van der Waals surface area contributed by atoms with E-state index in [1.54, 1.807) is 25.3 Å². The Labute approximate surface area is 168 Å². The summed E-state index contributed by atoms with van der Waals surface area (Å²) in [6, 6.07) is 12.1. The van der Waals surface area contributed by atoms with Crippen LogP contribution in [0.3, 0.4) is 0 Å². The maximum atomic E-state index is 10.6. The van der Waals surface area contributed by atoms with Gasteiger partial charge in [-0.15, -0.1) is 0 Å². The van der Waals surface area contributed by atoms with Crippen molar-refractivity contribution in [2.75, 3.05) is 26.2 Å². The Morgan fingerprint density at radius 1 is 1.11 bits per heavy atom. The van der Waals surface area contributed by atoms with Crippen molar-refractivity contribution in [3.8, 4) is 0 Å². The summed E-state index contributed by atoms with van der Waals surface area (Å²) in [5, 5.41) is 17.0. The van der Waals surface area contributed by atoms with Gasteiger partial charge in [-0.1, -0.05) is 38.1 Å². The summed E-state index contributed by atoms with van der Waals surface area (Å²) in [7, 11) is 0. The molecule has 0 bridgehead atoms. The second-order valence-electron chi connectivity index (χ2n) is 7.08. The summed E-state index contributed by atoms with van der Waals surface area (Å²) in [5.74, 6) is 1.20. The second kappa shape index (κ2) is 10.9. The van der Waals surface area contributed by atoms with Gasteiger partial charge in [0.25, 0.3) is 0 Å². The zero-order valence-corrected chi connectivity index (χ0v) is 17.5. The molecule has 28 heavy (non-hydrogen) atoms. The van der Waals surface area contributed by atoms with Gasteiger partial charge in [0, 0.05) is 13.1 Å². The van der Waals surface area contributed by atoms with Crippen molar-refractivity contribution in [3.05, 3.63) is 59.5 Å². The lowest BCUT2D eigenvalue weighted by atomic mass is 10.0. The predicted molar refractivity (Wildman–Crippen MR) is 114 cm³/mol. The van der Waals surface area contributed by atoms with Crippen molar-refractivity contribution in [1.82, 2.24) is 15.5 Å². The summed E-state index contributed by atoms with van der Waals surface area (Å²) in [4.78, 5) is 7.06. The largest absolute Gasteiger partial charge is 0.466 e. The van der Waals surface area contributed by atoms with Gasteiger partial charge in [-0.25, -0.2) is 4.99 Å². The van der Waals surface area contributed by atoms with E-state index >= 15 is 0 Å². The monoisotopic (exact) mass is 386 g/mol. The molecule has 1 aromatic heterocycles. The average molecular weight is 387 g/mol. The molecule has 0 aliphatic carbocycles. The highest BCUT2D eigenvalue weighted by atomic mass is 16.4. The summed E-state index contributed by atoms with van der Waals surface area (Å²) < 4.78 is 5.33. The molecular formula is C22H34N4O2. The zero-order chi connectivity index (χ0) is 20.4. The van der Waals surface area contributed by atoms with Crippen LogP contribution >= 0.6 is 0 Å². The Morgan fingerprint density at radius 2 is 1.86 bits per heavy atom. The van der Waals surface area contributed by atoms with Crippen LogP contribution in [0, 0.1) is 0 Å². The quantitative estimate of drug-likeness (QED) is 0.432. The van der Waals surface area contributed by atoms with E-state index < -0.39 is 5.60 Å². The van der Waals surface area contributed by atoms with Gasteiger partial charge in [0.1, 0.15) is 11.4 Å². The Kier molecular flexibility index (Phi) is 8.54. The van der Waals surface area contributed by atoms with E-state index in [0.717, 1.165) is 26.2 Å². The van der Waals surface area contributed by atoms with Gasteiger partial charge in [0.2, 0.25) is 0 Å². The third kappa shape index (κ3) is 6.69. The molecule has 0 spiro atoms. The minimum absolute atomic E-state index is 0.300. The fourth-order valence-corrected chi connectivity index (χ4v) is 2.97. The van der Waals surface area contributed by atoms with Crippen LogP contribution in [0.4, 0.5) is 0 Å². The van der Waals surface area contributed by atoms with Crippen LogP contribution in [0.25, 0.3) is 0 Å². The molecule has 0 aliphatic heterocycles. The van der Waals surface area contributed by atoms with Crippen LogP contribution in [0.2, 0.25) is 0 Å². The van der Waals surface area contributed by atoms with Gasteiger partial charge in [-0.2, -0.15) is 0 Å². The number of aliphatic imine (C=N–C) groups is 1. The fourth-order valence-electron chi connectivity index (χ4n) is 2.97. The molecule has 0 saturated heterocycles. The van der Waals surface area contributed by atoms with E-state index in [1.165, 1.54) is 11.1 Å². The number of hydrogen-bond donors (Lipinski definition) is 3. The summed E-state index contributed by atoms with van der Waals surface area (Å²) >= 11 is 0. The molecule has 1 unspecified atom stereocenters. The highest BCUT2D eigenvalue weighted by molar-refractivity contribution is 5.79. The van der Waals surface area contributed by atoms with Crippen LogP contribution in [0.5, 0.6) is 0 Å². The van der Waals surface area contributed by atoms with Crippen LogP contribution in [0.1, 0.15) is 44.6 Å². The Balaban J connectivity index is 2.00. The Hall–Kier alpha value is -2.31. The van der Waals surface area contributed by atoms with Crippen molar-refractivity contribution in [2.24, 2.45) is 4.99 Å². The first kappa shape index (κ1) is 22.0. The number of aliphatic hydroxyl groups is 1. The Morgan fingerprint density at radius 3 is 2.50 bits per heavy atom. The average Bonchev–Trinajstić information content (AvgIpc) is 3.24. The van der Waals surface area contributed by atoms with E-state index in [9.17, 15) is 5.11 Å². The molecule has 6 nitrogen and oxygen atoms in total. The number of nitrogens with one attached hydrogen (secondary N) is 2. The van der Waals surface area contributed by atoms with Crippen LogP contribution in [-0.2, 0) is 18.7 Å². The SMILES string of the molecule is CCNC(=NCc1cccc(CN(CC)CC)c1)NCC(C)(O)c1ccco1. The molecule has 1 aromatic carbocycles. The van der Waals surface area contributed by atoms with E-state index in [1.807, 2.05) is 6.92 Å². The third-order valence-corrected chi connectivity index (χ3v) is 4.71. The summed E-state index contributed by atoms with van der Waals surface area (Å²) in [5.41, 5.74) is 1.36. The predicted octanol–water partition coefficient (Wildman–Crippen LogP) is 3.08. The van der Waals surface area contributed by atoms with Gasteiger partial charge in [-0.3, -0.25) is 4.90 Å². The van der Waals surface area contributed by atoms with Crippen molar-refractivity contribution in [1.29, 1.82) is 0 Å². The molecule has 1 atom stereocenters. The van der Waals surface area contributed by atoms with Crippen molar-refractivity contribution in [2.45, 2.75) is 46.4 Å². The molecule has 0 saturated carbocycles. The van der Waals surface area contributed by atoms with Gasteiger partial charge in [-0.05, 0) is 50.2 Å². The summed E-state index contributed by atoms with van der Waals surface area (Å²) in [6.45, 7) is 12.8. The maximum Gasteiger partial charge on any atom is 0.191 e. The number of furan rings is 1. The van der Waals surface area contributed by atoms with E-state index in [2.05, 4.69) is 58.6 Å². The third-order valence-electron chi connectivity index (χ3n) is 4.71. The highest BCUT2D eigenvalue weighted by Crippen LogP contribution is 2.19. The normalized spacial score (nSPS) is 14.1. The number of hydrogen-bond acceptors (Lipinski definition) is 4. The van der Waals surface area contributed by atoms with Gasteiger partial charge >= 0.3 is 0 Å². The zero-order valence-electron chi connectivity index (χ0n) is 17.5. The standard InChI is InChI=1S/C22H34N4O2/c1-5-23-21(25-17-22(4,27)20-12-9-13-28-20)24-15-18-10-8-11-19(14-18)16-26(6-2)7-3/h8-14,27H,5-7,15-17H2,1-4H3,(H2,23,24,25). The first-order valence-electron chi connectivity index (χ1n) is 10.1. The van der Waals surface area contributed by atoms with Gasteiger partial charge in [0.15, 0.2) is 5.96 Å². The Bertz CT molecular complexity index is 722. The van der Waals surface area contributed by atoms with Crippen LogP contribution in [0.15, 0.2) is 52.1 Å². The molecule has 154 valence electrons. The fraction of sp³-hybridized carbons (Fsp3) is 0.500. The van der Waals surface area contributed by atoms with E-state index in [-0.39, 0.29) is 0 Å². The molecule has 3 N–H and O–H groups in total. The molecule has 0 fully saturated rings. The molecule has 0 aliphatic rings. The summed E-state index contributed by atoms with van der Waals surface area (Å²) in [6.07, 6.45) is 1.56. The number of rotatable bonds is 10. The molecule has 0 amide bonds. The van der Waals surface area contributed by atoms with Crippen molar-refractivity contribution >= 4 is 5.96 Å². The molecule has 2 rings (SSSR count). The van der Waals surface area contributed by atoms with Gasteiger partial charge < -0.3 is 20.2 Å². The van der Waals surface area contributed by atoms with E-state index in [0.29, 0.717) is 24.8 Å². The van der Waals surface area contributed by atoms with Crippen LogP contribution in [-0.4, -0.2) is 42.1 Å². The maximum absolute atomic E-state index is 10.6. The number of nitrogens with zero attached hydrogens (tertiary/aromatic N) is 2. The molecule has 1 heterocycles. The smallest absolute Gasteiger partial charge is 0.191 e. The minimum atomic E-state index is -1.11. The van der Waals surface area contributed by atoms with Crippen molar-refractivity contribution < 1.29 is 9.52 Å². The minimum Gasteiger partial charge on any atom is -0.466 e. The second-order valence-corrected chi connectivity index (χ2v) is 7.08. The first-order chi connectivity index (χ1) is 13.5. The lowest BCUT2D eigenvalue weighted by molar-refractivity contribution is 0.0386. The number of benzene rings is 1. The molecule has 0 radical (unpaired) electrons. The topological polar surface area (TPSA) is 73.0 Å². The molecular weight excluding hydrogens is 352 g/mol. The first-order valence-corrected chi connectivity index (χ1v) is 10.1. The lowest BCUT2D eigenvalue weighted by Gasteiger charge is -2.22. The number of guanidine groups is 1. The van der Waals surface area contributed by atoms with Gasteiger partial charge in [0.05, 0.1) is 19.4 Å². The molecule has 6 heteroatoms. The van der Waals surface area contributed by atoms with Crippen LogP contribution < -0.4 is 10.6 Å². The lowest BCUT2D eigenvalue weighted by Crippen LogP contribution is -2.44. The van der Waals surface area contributed by atoms with Crippen molar-refractivity contribution in [3.63, 3.8) is 0 Å². The molecule has 2 aromatic rings. The highest BCUT2D eigenvalue weighted by Gasteiger charge is 2.26. The van der Waals surface area contributed by atoms with E-state index in [4.69, 9.17) is 4.42 Å².